The molecule has 2 atom stereocenters. The highest BCUT2D eigenvalue weighted by atomic mass is 19.4. The van der Waals surface area contributed by atoms with Crippen LogP contribution in [0.4, 0.5) is 13.2 Å². The van der Waals surface area contributed by atoms with E-state index in [4.69, 9.17) is 0 Å². The summed E-state index contributed by atoms with van der Waals surface area (Å²) in [5.74, 6) is -2.03. The maximum atomic E-state index is 12.4. The van der Waals surface area contributed by atoms with Crippen LogP contribution in [0.2, 0.25) is 0 Å². The third-order valence-electron chi connectivity index (χ3n) is 3.46. The van der Waals surface area contributed by atoms with Crippen LogP contribution in [0.15, 0.2) is 12.4 Å². The van der Waals surface area contributed by atoms with Gasteiger partial charge in [0.25, 0.3) is 0 Å². The summed E-state index contributed by atoms with van der Waals surface area (Å²) < 4.78 is 37.2. The highest BCUT2D eigenvalue weighted by Crippen LogP contribution is 2.14. The molecule has 1 rings (SSSR count). The molecule has 0 saturated heterocycles. The fraction of sp³-hybridized carbons (Fsp3) is 0.667. The fourth-order valence-corrected chi connectivity index (χ4v) is 2.25. The van der Waals surface area contributed by atoms with Gasteiger partial charge < -0.3 is 10.4 Å². The molecule has 142 valence electrons. The maximum Gasteiger partial charge on any atom is 0.401 e. The molecule has 7 nitrogen and oxygen atoms in total. The Morgan fingerprint density at radius 2 is 2.00 bits per heavy atom. The van der Waals surface area contributed by atoms with E-state index in [1.165, 1.54) is 6.20 Å². The predicted molar refractivity (Wildman–Crippen MR) is 83.8 cm³/mol. The average Bonchev–Trinajstić information content (AvgIpc) is 2.99. The average molecular weight is 364 g/mol. The summed E-state index contributed by atoms with van der Waals surface area (Å²) >= 11 is 0. The van der Waals surface area contributed by atoms with Crippen molar-refractivity contribution in [3.8, 4) is 0 Å². The normalized spacial score (nSPS) is 14.3. The number of carboxylic acid groups (broad SMARTS) is 1. The third-order valence-corrected chi connectivity index (χ3v) is 3.46. The first-order valence-electron chi connectivity index (χ1n) is 7.89. The summed E-state index contributed by atoms with van der Waals surface area (Å²) in [6, 6.07) is -2.30. The quantitative estimate of drug-likeness (QED) is 0.503. The molecule has 0 spiro atoms. The Bertz CT molecular complexity index is 547. The first kappa shape index (κ1) is 20.9. The first-order valence-corrected chi connectivity index (χ1v) is 7.89. The second-order valence-corrected chi connectivity index (χ2v) is 6.22. The van der Waals surface area contributed by atoms with Gasteiger partial charge in [0.2, 0.25) is 5.91 Å². The minimum absolute atomic E-state index is 0.0364. The molecule has 0 radical (unpaired) electrons. The number of aliphatic carboxylic acids is 1. The number of nitrogens with one attached hydrogen (secondary N) is 3. The number of amides is 1. The smallest absolute Gasteiger partial charge is 0.401 e. The predicted octanol–water partition coefficient (Wildman–Crippen LogP) is 1.48. The molecule has 1 aromatic heterocycles. The first-order chi connectivity index (χ1) is 11.6. The molecule has 1 unspecified atom stereocenters. The summed E-state index contributed by atoms with van der Waals surface area (Å²) in [4.78, 5) is 23.6. The zero-order chi connectivity index (χ0) is 19.0. The minimum atomic E-state index is -4.46. The van der Waals surface area contributed by atoms with E-state index in [2.05, 4.69) is 20.8 Å². The number of carbonyl (C=O) groups excluding carboxylic acids is 1. The highest BCUT2D eigenvalue weighted by Gasteiger charge is 2.31. The van der Waals surface area contributed by atoms with Gasteiger partial charge in [0.15, 0.2) is 0 Å². The molecule has 0 aromatic carbocycles. The topological polar surface area (TPSA) is 107 Å². The molecule has 0 saturated carbocycles. The molecule has 25 heavy (non-hydrogen) atoms. The van der Waals surface area contributed by atoms with Crippen molar-refractivity contribution >= 4 is 11.9 Å². The molecule has 4 N–H and O–H groups in total. The van der Waals surface area contributed by atoms with Crippen molar-refractivity contribution in [1.82, 2.24) is 20.8 Å². The van der Waals surface area contributed by atoms with Crippen LogP contribution in [-0.2, 0) is 16.0 Å². The number of aromatic nitrogens is 2. The van der Waals surface area contributed by atoms with Crippen LogP contribution >= 0.6 is 0 Å². The summed E-state index contributed by atoms with van der Waals surface area (Å²) in [5.41, 5.74) is 0.773. The summed E-state index contributed by atoms with van der Waals surface area (Å²) in [6.45, 7) is 2.22. The molecule has 0 aliphatic rings. The molecule has 1 aromatic rings. The van der Waals surface area contributed by atoms with E-state index < -0.39 is 36.7 Å². The largest absolute Gasteiger partial charge is 0.480 e. The van der Waals surface area contributed by atoms with Crippen molar-refractivity contribution in [3.05, 3.63) is 18.0 Å². The number of aryl methyl sites for hydroxylation is 1. The Kier molecular flexibility index (Phi) is 7.88. The number of halogens is 3. The summed E-state index contributed by atoms with van der Waals surface area (Å²) in [5, 5.41) is 20.0. The second-order valence-electron chi connectivity index (χ2n) is 6.22. The zero-order valence-electron chi connectivity index (χ0n) is 14.1. The zero-order valence-corrected chi connectivity index (χ0v) is 14.1. The van der Waals surface area contributed by atoms with Crippen LogP contribution in [0, 0.1) is 5.92 Å². The second kappa shape index (κ2) is 9.40. The Hall–Kier alpha value is -2.10. The number of aromatic amines is 1. The Balaban J connectivity index is 2.67. The number of rotatable bonds is 10. The van der Waals surface area contributed by atoms with Crippen molar-refractivity contribution in [2.45, 2.75) is 51.4 Å². The number of carbonyl (C=O) groups is 2. The standard InChI is InChI=1S/C15H23F3N4O3/c1-9(2)5-12(19-8-15(16,17)18)13(23)22-11(14(24)25)4-3-10-6-20-21-7-10/h6-7,9,11-12,19H,3-5,8H2,1-2H3,(H,20,21)(H,22,23)(H,24,25)/t11?,12-/m0/s1. The van der Waals surface area contributed by atoms with E-state index in [0.717, 1.165) is 5.56 Å². The van der Waals surface area contributed by atoms with Crippen LogP contribution < -0.4 is 10.6 Å². The summed E-state index contributed by atoms with van der Waals surface area (Å²) in [7, 11) is 0. The molecule has 1 amide bonds. The molecule has 10 heteroatoms. The molecule has 0 fully saturated rings. The highest BCUT2D eigenvalue weighted by molar-refractivity contribution is 5.86. The number of H-pyrrole nitrogens is 1. The molecule has 0 bridgehead atoms. The SMILES string of the molecule is CC(C)C[C@H](NCC(F)(F)F)C(=O)NC(CCc1cn[nH]c1)C(=O)O. The lowest BCUT2D eigenvalue weighted by molar-refractivity contribution is -0.143. The van der Waals surface area contributed by atoms with Crippen molar-refractivity contribution in [2.24, 2.45) is 5.92 Å². The number of alkyl halides is 3. The van der Waals surface area contributed by atoms with Gasteiger partial charge in [-0.2, -0.15) is 18.3 Å². The van der Waals surface area contributed by atoms with Gasteiger partial charge >= 0.3 is 12.1 Å². The van der Waals surface area contributed by atoms with Crippen LogP contribution in [0.1, 0.15) is 32.3 Å². The van der Waals surface area contributed by atoms with Gasteiger partial charge in [0, 0.05) is 6.20 Å². The van der Waals surface area contributed by atoms with Gasteiger partial charge in [-0.1, -0.05) is 13.8 Å². The van der Waals surface area contributed by atoms with Crippen LogP contribution in [0.25, 0.3) is 0 Å². The molecular weight excluding hydrogens is 341 g/mol. The summed E-state index contributed by atoms with van der Waals surface area (Å²) in [6.07, 6.45) is -0.688. The van der Waals surface area contributed by atoms with Crippen LogP contribution in [0.3, 0.4) is 0 Å². The Morgan fingerprint density at radius 3 is 2.48 bits per heavy atom. The van der Waals surface area contributed by atoms with Gasteiger partial charge in [-0.25, -0.2) is 4.79 Å². The Labute approximate surface area is 143 Å². The number of hydrogen-bond acceptors (Lipinski definition) is 4. The maximum absolute atomic E-state index is 12.4. The molecular formula is C15H23F3N4O3. The number of carboxylic acids is 1. The minimum Gasteiger partial charge on any atom is -0.480 e. The van der Waals surface area contributed by atoms with Gasteiger partial charge in [-0.3, -0.25) is 15.2 Å². The van der Waals surface area contributed by atoms with Gasteiger partial charge in [0.05, 0.1) is 18.8 Å². The van der Waals surface area contributed by atoms with Crippen molar-refractivity contribution < 1.29 is 27.9 Å². The lowest BCUT2D eigenvalue weighted by atomic mass is 10.0. The van der Waals surface area contributed by atoms with Crippen molar-refractivity contribution in [1.29, 1.82) is 0 Å². The van der Waals surface area contributed by atoms with E-state index in [1.54, 1.807) is 20.0 Å². The van der Waals surface area contributed by atoms with E-state index in [0.29, 0.717) is 6.42 Å². The van der Waals surface area contributed by atoms with Crippen LogP contribution in [0.5, 0.6) is 0 Å². The molecule has 0 aliphatic heterocycles. The fourth-order valence-electron chi connectivity index (χ4n) is 2.25. The molecule has 1 heterocycles. The van der Waals surface area contributed by atoms with E-state index in [1.807, 2.05) is 0 Å². The van der Waals surface area contributed by atoms with Crippen molar-refractivity contribution in [3.63, 3.8) is 0 Å². The van der Waals surface area contributed by atoms with E-state index >= 15 is 0 Å². The van der Waals surface area contributed by atoms with Crippen molar-refractivity contribution in [2.75, 3.05) is 6.54 Å². The number of nitrogens with zero attached hydrogens (tertiary/aromatic N) is 1. The number of hydrogen-bond donors (Lipinski definition) is 4. The van der Waals surface area contributed by atoms with Crippen LogP contribution in [-0.4, -0.2) is 52.0 Å². The third kappa shape index (κ3) is 8.52. The monoisotopic (exact) mass is 364 g/mol. The van der Waals surface area contributed by atoms with Gasteiger partial charge in [-0.15, -0.1) is 0 Å². The van der Waals surface area contributed by atoms with E-state index in [9.17, 15) is 27.9 Å². The molecule has 0 aliphatic carbocycles. The Morgan fingerprint density at radius 1 is 1.32 bits per heavy atom. The van der Waals surface area contributed by atoms with Gasteiger partial charge in [-0.05, 0) is 30.7 Å². The lowest BCUT2D eigenvalue weighted by Crippen LogP contribution is -2.52. The lowest BCUT2D eigenvalue weighted by Gasteiger charge is -2.23. The van der Waals surface area contributed by atoms with E-state index in [-0.39, 0.29) is 18.8 Å². The van der Waals surface area contributed by atoms with Gasteiger partial charge in [0.1, 0.15) is 6.04 Å².